The van der Waals surface area contributed by atoms with Crippen LogP contribution in [0, 0.1) is 5.82 Å². The van der Waals surface area contributed by atoms with Crippen LogP contribution in [-0.2, 0) is 14.3 Å². The molecule has 0 aliphatic carbocycles. The van der Waals surface area contributed by atoms with E-state index in [9.17, 15) is 14.0 Å². The summed E-state index contributed by atoms with van der Waals surface area (Å²) in [6.45, 7) is 4.51. The van der Waals surface area contributed by atoms with Crippen molar-refractivity contribution < 1.29 is 18.7 Å². The molecule has 0 bridgehead atoms. The summed E-state index contributed by atoms with van der Waals surface area (Å²) >= 11 is 0. The van der Waals surface area contributed by atoms with Crippen LogP contribution in [-0.4, -0.2) is 82.8 Å². The van der Waals surface area contributed by atoms with Gasteiger partial charge in [-0.15, -0.1) is 0 Å². The van der Waals surface area contributed by atoms with Crippen molar-refractivity contribution in [3.63, 3.8) is 0 Å². The van der Waals surface area contributed by atoms with Gasteiger partial charge in [-0.05, 0) is 54.8 Å². The Morgan fingerprint density at radius 1 is 1.00 bits per heavy atom. The van der Waals surface area contributed by atoms with Crippen LogP contribution in [0.4, 0.5) is 15.8 Å². The molecule has 9 heteroatoms. The van der Waals surface area contributed by atoms with Crippen molar-refractivity contribution in [2.75, 3.05) is 69.8 Å². The Kier molecular flexibility index (Phi) is 8.77. The SMILES string of the molecule is CN(C)c1ccc(C(CNC(=O)C(=O)NCC2CCCO2)N2CCN(c3ccc(F)cc3)CC2)cc1. The van der Waals surface area contributed by atoms with Crippen molar-refractivity contribution in [2.24, 2.45) is 0 Å². The Labute approximate surface area is 212 Å². The number of nitrogens with zero attached hydrogens (tertiary/aromatic N) is 3. The Bertz CT molecular complexity index is 1000. The normalized spacial score (nSPS) is 19.1. The second kappa shape index (κ2) is 12.2. The predicted octanol–water partition coefficient (Wildman–Crippen LogP) is 2.17. The van der Waals surface area contributed by atoms with Crippen molar-refractivity contribution in [3.05, 3.63) is 59.9 Å². The smallest absolute Gasteiger partial charge is 0.309 e. The van der Waals surface area contributed by atoms with Gasteiger partial charge < -0.3 is 25.2 Å². The van der Waals surface area contributed by atoms with Crippen LogP contribution >= 0.6 is 0 Å². The first kappa shape index (κ1) is 25.9. The fraction of sp³-hybridized carbons (Fsp3) is 0.481. The van der Waals surface area contributed by atoms with Crippen LogP contribution < -0.4 is 20.4 Å². The maximum Gasteiger partial charge on any atom is 0.309 e. The standard InChI is InChI=1S/C27H36FN5O3/c1-31(2)22-9-5-20(6-10-22)25(19-30-27(35)26(34)29-18-24-4-3-17-36-24)33-15-13-32(14-16-33)23-11-7-21(28)8-12-23/h5-12,24-25H,3-4,13-19H2,1-2H3,(H,29,34)(H,30,35). The zero-order valence-corrected chi connectivity index (χ0v) is 21.1. The minimum atomic E-state index is -0.632. The van der Waals surface area contributed by atoms with Crippen molar-refractivity contribution in [1.82, 2.24) is 15.5 Å². The number of piperazine rings is 1. The number of amides is 2. The summed E-state index contributed by atoms with van der Waals surface area (Å²) in [5.74, 6) is -1.50. The highest BCUT2D eigenvalue weighted by Gasteiger charge is 2.27. The molecular weight excluding hydrogens is 461 g/mol. The molecule has 2 aliphatic rings. The van der Waals surface area contributed by atoms with E-state index in [1.807, 2.05) is 19.0 Å². The number of ether oxygens (including phenoxy) is 1. The molecule has 2 amide bonds. The molecule has 194 valence electrons. The largest absolute Gasteiger partial charge is 0.378 e. The maximum absolute atomic E-state index is 13.3. The van der Waals surface area contributed by atoms with Gasteiger partial charge in [-0.2, -0.15) is 0 Å². The Balaban J connectivity index is 1.39. The fourth-order valence-corrected chi connectivity index (χ4v) is 4.76. The summed E-state index contributed by atoms with van der Waals surface area (Å²) < 4.78 is 18.8. The number of carbonyl (C=O) groups excluding carboxylic acids is 2. The van der Waals surface area contributed by atoms with Crippen molar-refractivity contribution in [2.45, 2.75) is 25.0 Å². The Morgan fingerprint density at radius 2 is 1.67 bits per heavy atom. The van der Waals surface area contributed by atoms with E-state index in [4.69, 9.17) is 4.74 Å². The van der Waals surface area contributed by atoms with E-state index in [0.717, 1.165) is 56.0 Å². The third kappa shape index (κ3) is 6.73. The van der Waals surface area contributed by atoms with E-state index < -0.39 is 11.8 Å². The number of hydrogen-bond acceptors (Lipinski definition) is 6. The summed E-state index contributed by atoms with van der Waals surface area (Å²) in [4.78, 5) is 31.5. The van der Waals surface area contributed by atoms with Crippen LogP contribution in [0.3, 0.4) is 0 Å². The summed E-state index contributed by atoms with van der Waals surface area (Å²) in [5.41, 5.74) is 3.17. The summed E-state index contributed by atoms with van der Waals surface area (Å²) in [6.07, 6.45) is 1.87. The highest BCUT2D eigenvalue weighted by atomic mass is 19.1. The van der Waals surface area contributed by atoms with E-state index in [1.165, 1.54) is 12.1 Å². The van der Waals surface area contributed by atoms with Crippen LogP contribution in [0.5, 0.6) is 0 Å². The number of rotatable bonds is 8. The summed E-state index contributed by atoms with van der Waals surface area (Å²) in [5, 5.41) is 5.53. The van der Waals surface area contributed by atoms with Gasteiger partial charge in [0.15, 0.2) is 0 Å². The zero-order chi connectivity index (χ0) is 25.5. The van der Waals surface area contributed by atoms with E-state index in [-0.39, 0.29) is 18.0 Å². The lowest BCUT2D eigenvalue weighted by molar-refractivity contribution is -0.139. The van der Waals surface area contributed by atoms with Gasteiger partial charge >= 0.3 is 11.8 Å². The molecule has 2 aliphatic heterocycles. The van der Waals surface area contributed by atoms with Crippen molar-refractivity contribution in [1.29, 1.82) is 0 Å². The Morgan fingerprint density at radius 3 is 2.28 bits per heavy atom. The monoisotopic (exact) mass is 497 g/mol. The van der Waals surface area contributed by atoms with Crippen LogP contribution in [0.25, 0.3) is 0 Å². The molecule has 2 aromatic carbocycles. The average molecular weight is 498 g/mol. The predicted molar refractivity (Wildman–Crippen MR) is 139 cm³/mol. The van der Waals surface area contributed by atoms with Gasteiger partial charge in [-0.3, -0.25) is 14.5 Å². The van der Waals surface area contributed by atoms with E-state index in [2.05, 4.69) is 44.7 Å². The van der Waals surface area contributed by atoms with Gasteiger partial charge in [0.1, 0.15) is 5.82 Å². The van der Waals surface area contributed by atoms with Gasteiger partial charge in [0.25, 0.3) is 0 Å². The molecule has 0 spiro atoms. The van der Waals surface area contributed by atoms with Gasteiger partial charge in [0, 0.05) is 71.3 Å². The first-order chi connectivity index (χ1) is 17.4. The van der Waals surface area contributed by atoms with Gasteiger partial charge in [0.05, 0.1) is 12.1 Å². The van der Waals surface area contributed by atoms with Crippen LogP contribution in [0.2, 0.25) is 0 Å². The molecule has 0 saturated carbocycles. The van der Waals surface area contributed by atoms with Gasteiger partial charge in [-0.1, -0.05) is 12.1 Å². The quantitative estimate of drug-likeness (QED) is 0.545. The van der Waals surface area contributed by atoms with E-state index >= 15 is 0 Å². The molecular formula is C27H36FN5O3. The number of hydrogen-bond donors (Lipinski definition) is 2. The van der Waals surface area contributed by atoms with E-state index in [1.54, 1.807) is 12.1 Å². The Hall–Kier alpha value is -3.17. The third-order valence-electron chi connectivity index (χ3n) is 6.92. The first-order valence-corrected chi connectivity index (χ1v) is 12.6. The zero-order valence-electron chi connectivity index (χ0n) is 21.1. The van der Waals surface area contributed by atoms with Crippen LogP contribution in [0.1, 0.15) is 24.4 Å². The molecule has 2 N–H and O–H groups in total. The molecule has 2 saturated heterocycles. The lowest BCUT2D eigenvalue weighted by Crippen LogP contribution is -2.51. The van der Waals surface area contributed by atoms with Crippen molar-refractivity contribution >= 4 is 23.2 Å². The minimum absolute atomic E-state index is 0.0119. The second-order valence-electron chi connectivity index (χ2n) is 9.56. The summed E-state index contributed by atoms with van der Waals surface area (Å²) in [7, 11) is 3.99. The molecule has 2 fully saturated rings. The lowest BCUT2D eigenvalue weighted by atomic mass is 10.0. The lowest BCUT2D eigenvalue weighted by Gasteiger charge is -2.40. The van der Waals surface area contributed by atoms with E-state index in [0.29, 0.717) is 19.7 Å². The number of benzene rings is 2. The average Bonchev–Trinajstić information content (AvgIpc) is 3.42. The molecule has 8 nitrogen and oxygen atoms in total. The molecule has 2 unspecified atom stereocenters. The first-order valence-electron chi connectivity index (χ1n) is 12.6. The third-order valence-corrected chi connectivity index (χ3v) is 6.92. The van der Waals surface area contributed by atoms with Crippen molar-refractivity contribution in [3.8, 4) is 0 Å². The summed E-state index contributed by atoms with van der Waals surface area (Å²) in [6, 6.07) is 14.8. The van der Waals surface area contributed by atoms with Gasteiger partial charge in [-0.25, -0.2) is 4.39 Å². The topological polar surface area (TPSA) is 77.1 Å². The molecule has 36 heavy (non-hydrogen) atoms. The number of nitrogens with one attached hydrogen (secondary N) is 2. The van der Waals surface area contributed by atoms with Crippen LogP contribution in [0.15, 0.2) is 48.5 Å². The maximum atomic E-state index is 13.3. The molecule has 0 radical (unpaired) electrons. The second-order valence-corrected chi connectivity index (χ2v) is 9.56. The highest BCUT2D eigenvalue weighted by Crippen LogP contribution is 2.26. The molecule has 2 atom stereocenters. The van der Waals surface area contributed by atoms with Gasteiger partial charge in [0.2, 0.25) is 0 Å². The fourth-order valence-electron chi connectivity index (χ4n) is 4.76. The molecule has 2 aromatic rings. The number of carbonyl (C=O) groups is 2. The molecule has 4 rings (SSSR count). The molecule has 2 heterocycles. The number of halogens is 1. The molecule has 0 aromatic heterocycles. The minimum Gasteiger partial charge on any atom is -0.378 e. The highest BCUT2D eigenvalue weighted by molar-refractivity contribution is 6.35. The number of anilines is 2.